The van der Waals surface area contributed by atoms with E-state index in [9.17, 15) is 5.11 Å². The number of aliphatic hydroxyl groups excluding tert-OH is 1. The predicted molar refractivity (Wildman–Crippen MR) is 76.0 cm³/mol. The highest BCUT2D eigenvalue weighted by molar-refractivity contribution is 5.27. The molecule has 0 spiro atoms. The predicted octanol–water partition coefficient (Wildman–Crippen LogP) is 3.81. The van der Waals surface area contributed by atoms with Gasteiger partial charge in [-0.15, -0.1) is 0 Å². The second-order valence-electron chi connectivity index (χ2n) is 6.23. The van der Waals surface area contributed by atoms with Crippen molar-refractivity contribution in [3.63, 3.8) is 0 Å². The van der Waals surface area contributed by atoms with Crippen molar-refractivity contribution in [3.05, 3.63) is 29.8 Å². The maximum absolute atomic E-state index is 10.00. The van der Waals surface area contributed by atoms with E-state index in [4.69, 9.17) is 4.74 Å². The zero-order chi connectivity index (χ0) is 13.8. The van der Waals surface area contributed by atoms with Crippen molar-refractivity contribution in [2.45, 2.75) is 59.7 Å². The summed E-state index contributed by atoms with van der Waals surface area (Å²) in [6, 6.07) is 8.15. The van der Waals surface area contributed by atoms with Crippen molar-refractivity contribution in [1.29, 1.82) is 0 Å². The van der Waals surface area contributed by atoms with Gasteiger partial charge >= 0.3 is 0 Å². The maximum atomic E-state index is 10.00. The second-order valence-corrected chi connectivity index (χ2v) is 6.23. The lowest BCUT2D eigenvalue weighted by atomic mass is 9.86. The van der Waals surface area contributed by atoms with Gasteiger partial charge < -0.3 is 9.84 Å². The minimum absolute atomic E-state index is 0.0410. The van der Waals surface area contributed by atoms with Gasteiger partial charge in [0, 0.05) is 0 Å². The molecule has 0 amide bonds. The molecule has 0 saturated heterocycles. The van der Waals surface area contributed by atoms with E-state index in [0.717, 1.165) is 18.6 Å². The SMILES string of the molecule is CC(C)Oc1ccc(CCC(O)C(C)(C)C)cc1. The number of aliphatic hydroxyl groups is 1. The number of hydrogen-bond acceptors (Lipinski definition) is 2. The summed E-state index contributed by atoms with van der Waals surface area (Å²) in [5, 5.41) is 10.00. The molecule has 0 aromatic heterocycles. The molecule has 2 heteroatoms. The molecule has 2 nitrogen and oxygen atoms in total. The summed E-state index contributed by atoms with van der Waals surface area (Å²) in [5.74, 6) is 0.908. The fourth-order valence-electron chi connectivity index (χ4n) is 1.74. The molecule has 1 aromatic rings. The molecular formula is C16H26O2. The topological polar surface area (TPSA) is 29.5 Å². The highest BCUT2D eigenvalue weighted by Gasteiger charge is 2.21. The van der Waals surface area contributed by atoms with Crippen LogP contribution >= 0.6 is 0 Å². The molecular weight excluding hydrogens is 224 g/mol. The molecule has 0 saturated carbocycles. The molecule has 1 N–H and O–H groups in total. The summed E-state index contributed by atoms with van der Waals surface area (Å²) >= 11 is 0. The number of ether oxygens (including phenoxy) is 1. The first-order valence-electron chi connectivity index (χ1n) is 6.72. The van der Waals surface area contributed by atoms with Gasteiger partial charge in [-0.2, -0.15) is 0 Å². The van der Waals surface area contributed by atoms with Gasteiger partial charge in [-0.3, -0.25) is 0 Å². The Balaban J connectivity index is 2.49. The van der Waals surface area contributed by atoms with Crippen molar-refractivity contribution in [1.82, 2.24) is 0 Å². The molecule has 0 radical (unpaired) electrons. The number of rotatable bonds is 5. The fraction of sp³-hybridized carbons (Fsp3) is 0.625. The van der Waals surface area contributed by atoms with E-state index < -0.39 is 0 Å². The Hall–Kier alpha value is -1.02. The lowest BCUT2D eigenvalue weighted by molar-refractivity contribution is 0.0560. The third kappa shape index (κ3) is 5.09. The van der Waals surface area contributed by atoms with Crippen LogP contribution in [0.15, 0.2) is 24.3 Å². The van der Waals surface area contributed by atoms with Crippen LogP contribution in [-0.2, 0) is 6.42 Å². The lowest BCUT2D eigenvalue weighted by Crippen LogP contribution is -2.26. The number of hydrogen-bond donors (Lipinski definition) is 1. The van der Waals surface area contributed by atoms with Gasteiger partial charge in [-0.05, 0) is 49.8 Å². The van der Waals surface area contributed by atoms with Crippen LogP contribution in [0.2, 0.25) is 0 Å². The van der Waals surface area contributed by atoms with Gasteiger partial charge in [-0.1, -0.05) is 32.9 Å². The summed E-state index contributed by atoms with van der Waals surface area (Å²) in [6.07, 6.45) is 1.65. The molecule has 1 unspecified atom stereocenters. The molecule has 0 aliphatic rings. The first-order chi connectivity index (χ1) is 8.29. The Bertz CT molecular complexity index is 346. The average molecular weight is 250 g/mol. The van der Waals surface area contributed by atoms with Gasteiger partial charge in [0.25, 0.3) is 0 Å². The molecule has 1 atom stereocenters. The van der Waals surface area contributed by atoms with Gasteiger partial charge in [-0.25, -0.2) is 0 Å². The van der Waals surface area contributed by atoms with E-state index in [0.29, 0.717) is 0 Å². The minimum Gasteiger partial charge on any atom is -0.491 e. The monoisotopic (exact) mass is 250 g/mol. The first-order valence-corrected chi connectivity index (χ1v) is 6.72. The normalized spacial score (nSPS) is 13.7. The summed E-state index contributed by atoms with van der Waals surface area (Å²) in [6.45, 7) is 10.2. The van der Waals surface area contributed by atoms with Crippen LogP contribution in [-0.4, -0.2) is 17.3 Å². The zero-order valence-electron chi connectivity index (χ0n) is 12.2. The lowest BCUT2D eigenvalue weighted by Gasteiger charge is -2.25. The maximum Gasteiger partial charge on any atom is 0.119 e. The molecule has 102 valence electrons. The zero-order valence-corrected chi connectivity index (χ0v) is 12.2. The van der Waals surface area contributed by atoms with Gasteiger partial charge in [0.05, 0.1) is 12.2 Å². The molecule has 0 aliphatic heterocycles. The van der Waals surface area contributed by atoms with Gasteiger partial charge in [0.1, 0.15) is 5.75 Å². The van der Waals surface area contributed by atoms with E-state index >= 15 is 0 Å². The summed E-state index contributed by atoms with van der Waals surface area (Å²) < 4.78 is 5.60. The summed E-state index contributed by atoms with van der Waals surface area (Å²) in [5.41, 5.74) is 1.20. The van der Waals surface area contributed by atoms with Crippen molar-refractivity contribution in [2.24, 2.45) is 5.41 Å². The van der Waals surface area contributed by atoms with E-state index in [-0.39, 0.29) is 17.6 Å². The van der Waals surface area contributed by atoms with E-state index in [1.54, 1.807) is 0 Å². The summed E-state index contributed by atoms with van der Waals surface area (Å²) in [4.78, 5) is 0. The van der Waals surface area contributed by atoms with Crippen LogP contribution in [0.1, 0.15) is 46.6 Å². The standard InChI is InChI=1S/C16H26O2/c1-12(2)18-14-9-6-13(7-10-14)8-11-15(17)16(3,4)5/h6-7,9-10,12,15,17H,8,11H2,1-5H3. The first kappa shape index (κ1) is 15.0. The van der Waals surface area contributed by atoms with Crippen molar-refractivity contribution < 1.29 is 9.84 Å². The van der Waals surface area contributed by atoms with Gasteiger partial charge in [0.2, 0.25) is 0 Å². The van der Waals surface area contributed by atoms with Crippen molar-refractivity contribution in [3.8, 4) is 5.75 Å². The van der Waals surface area contributed by atoms with E-state index in [2.05, 4.69) is 32.9 Å². The fourth-order valence-corrected chi connectivity index (χ4v) is 1.74. The van der Waals surface area contributed by atoms with Crippen LogP contribution in [0.5, 0.6) is 5.75 Å². The van der Waals surface area contributed by atoms with Crippen LogP contribution in [0.3, 0.4) is 0 Å². The second kappa shape index (κ2) is 6.24. The molecule has 1 aromatic carbocycles. The third-order valence-electron chi connectivity index (χ3n) is 3.00. The van der Waals surface area contributed by atoms with Crippen LogP contribution in [0.4, 0.5) is 0 Å². The number of aryl methyl sites for hydroxylation is 1. The molecule has 0 bridgehead atoms. The Morgan fingerprint density at radius 2 is 1.67 bits per heavy atom. The molecule has 1 rings (SSSR count). The molecule has 0 heterocycles. The largest absolute Gasteiger partial charge is 0.491 e. The highest BCUT2D eigenvalue weighted by atomic mass is 16.5. The average Bonchev–Trinajstić information content (AvgIpc) is 2.25. The molecule has 18 heavy (non-hydrogen) atoms. The smallest absolute Gasteiger partial charge is 0.119 e. The van der Waals surface area contributed by atoms with E-state index in [1.807, 2.05) is 26.0 Å². The van der Waals surface area contributed by atoms with Gasteiger partial charge in [0.15, 0.2) is 0 Å². The Morgan fingerprint density at radius 1 is 1.11 bits per heavy atom. The number of benzene rings is 1. The van der Waals surface area contributed by atoms with Crippen LogP contribution < -0.4 is 4.74 Å². The van der Waals surface area contributed by atoms with Crippen molar-refractivity contribution >= 4 is 0 Å². The van der Waals surface area contributed by atoms with E-state index in [1.165, 1.54) is 5.56 Å². The Labute approximate surface area is 111 Å². The van der Waals surface area contributed by atoms with Crippen molar-refractivity contribution in [2.75, 3.05) is 0 Å². The third-order valence-corrected chi connectivity index (χ3v) is 3.00. The minimum atomic E-state index is -0.260. The molecule has 0 fully saturated rings. The highest BCUT2D eigenvalue weighted by Crippen LogP contribution is 2.23. The quantitative estimate of drug-likeness (QED) is 0.861. The van der Waals surface area contributed by atoms with Crippen LogP contribution in [0, 0.1) is 5.41 Å². The van der Waals surface area contributed by atoms with Crippen LogP contribution in [0.25, 0.3) is 0 Å². The Kier molecular flexibility index (Phi) is 5.21. The summed E-state index contributed by atoms with van der Waals surface area (Å²) in [7, 11) is 0. The Morgan fingerprint density at radius 3 is 2.11 bits per heavy atom. The molecule has 0 aliphatic carbocycles.